The maximum atomic E-state index is 12.1. The zero-order valence-electron chi connectivity index (χ0n) is 11.8. The Morgan fingerprint density at radius 2 is 2.24 bits per heavy atom. The third-order valence-electron chi connectivity index (χ3n) is 3.25. The first kappa shape index (κ1) is 14.3. The fourth-order valence-electron chi connectivity index (χ4n) is 2.24. The van der Waals surface area contributed by atoms with E-state index in [9.17, 15) is 4.79 Å². The van der Waals surface area contributed by atoms with Gasteiger partial charge in [-0.3, -0.25) is 10.2 Å². The van der Waals surface area contributed by atoms with Crippen LogP contribution in [0.4, 0.5) is 5.13 Å². The van der Waals surface area contributed by atoms with E-state index < -0.39 is 0 Å². The maximum absolute atomic E-state index is 12.1. The number of nitrogens with zero attached hydrogens (tertiary/aromatic N) is 2. The summed E-state index contributed by atoms with van der Waals surface area (Å²) in [6.07, 6.45) is 2.61. The van der Waals surface area contributed by atoms with E-state index in [1.54, 1.807) is 6.20 Å². The molecule has 0 saturated carbocycles. The summed E-state index contributed by atoms with van der Waals surface area (Å²) in [7, 11) is 0. The van der Waals surface area contributed by atoms with Crippen LogP contribution >= 0.6 is 23.1 Å². The van der Waals surface area contributed by atoms with E-state index >= 15 is 0 Å². The smallest absolute Gasteiger partial charge is 0.248 e. The molecule has 1 aromatic heterocycles. The van der Waals surface area contributed by atoms with Crippen molar-refractivity contribution in [1.82, 2.24) is 4.98 Å². The Bertz CT molecular complexity index is 710. The fourth-order valence-corrected chi connectivity index (χ4v) is 4.08. The molecule has 1 aromatic carbocycles. The number of carbonyl (C=O) groups is 1. The van der Waals surface area contributed by atoms with Crippen molar-refractivity contribution in [2.24, 2.45) is 0 Å². The van der Waals surface area contributed by atoms with Crippen LogP contribution in [0.5, 0.6) is 0 Å². The molecule has 4 nitrogen and oxygen atoms in total. The minimum absolute atomic E-state index is 0.0542. The highest BCUT2D eigenvalue weighted by atomic mass is 32.2. The highest BCUT2D eigenvalue weighted by Gasteiger charge is 2.36. The predicted molar refractivity (Wildman–Crippen MR) is 88.4 cm³/mol. The van der Waals surface area contributed by atoms with Crippen LogP contribution in [-0.4, -0.2) is 21.3 Å². The summed E-state index contributed by atoms with van der Waals surface area (Å²) in [6, 6.07) is 8.36. The average Bonchev–Trinajstić information content (AvgIpc) is 2.95. The van der Waals surface area contributed by atoms with Gasteiger partial charge in [-0.15, -0.1) is 11.3 Å². The number of aromatic nitrogens is 1. The number of amides is 1. The molecule has 0 unspecified atom stereocenters. The summed E-state index contributed by atoms with van der Waals surface area (Å²) < 4.78 is 0. The van der Waals surface area contributed by atoms with Crippen LogP contribution in [0.15, 0.2) is 30.5 Å². The highest BCUT2D eigenvalue weighted by Crippen LogP contribution is 2.33. The van der Waals surface area contributed by atoms with Crippen LogP contribution in [0, 0.1) is 12.3 Å². The van der Waals surface area contributed by atoms with Gasteiger partial charge in [-0.1, -0.05) is 41.6 Å². The van der Waals surface area contributed by atoms with Gasteiger partial charge >= 0.3 is 0 Å². The first-order valence-corrected chi connectivity index (χ1v) is 8.33. The van der Waals surface area contributed by atoms with Gasteiger partial charge in [0.15, 0.2) is 10.3 Å². The summed E-state index contributed by atoms with van der Waals surface area (Å²) in [5, 5.41) is 8.57. The van der Waals surface area contributed by atoms with Gasteiger partial charge in [0.05, 0.1) is 5.25 Å². The number of aryl methyl sites for hydroxylation is 1. The van der Waals surface area contributed by atoms with Gasteiger partial charge < -0.3 is 0 Å². The van der Waals surface area contributed by atoms with Crippen LogP contribution in [0.3, 0.4) is 0 Å². The van der Waals surface area contributed by atoms with Crippen LogP contribution in [0.2, 0.25) is 0 Å². The molecule has 1 aliphatic heterocycles. The Balaban J connectivity index is 1.81. The van der Waals surface area contributed by atoms with Crippen molar-refractivity contribution < 1.29 is 4.79 Å². The van der Waals surface area contributed by atoms with Gasteiger partial charge in [-0.2, -0.15) is 0 Å². The second-order valence-corrected chi connectivity index (χ2v) is 7.44. The van der Waals surface area contributed by atoms with Crippen molar-refractivity contribution in [3.05, 3.63) is 46.5 Å². The molecule has 1 amide bonds. The number of hydrogen-bond acceptors (Lipinski definition) is 5. The number of hydrogen-bond donors (Lipinski definition) is 1. The first-order valence-electron chi connectivity index (χ1n) is 6.64. The van der Waals surface area contributed by atoms with E-state index in [0.29, 0.717) is 5.13 Å². The summed E-state index contributed by atoms with van der Waals surface area (Å²) >= 11 is 2.75. The molecule has 0 radical (unpaired) electrons. The molecule has 1 atom stereocenters. The summed E-state index contributed by atoms with van der Waals surface area (Å²) in [4.78, 5) is 18.9. The predicted octanol–water partition coefficient (Wildman–Crippen LogP) is 3.45. The van der Waals surface area contributed by atoms with E-state index in [1.165, 1.54) is 39.1 Å². The number of rotatable bonds is 3. The number of nitrogens with one attached hydrogen (secondary N) is 1. The fraction of sp³-hybridized carbons (Fsp3) is 0.267. The molecule has 1 fully saturated rings. The summed E-state index contributed by atoms with van der Waals surface area (Å²) in [5.74, 6) is -0.0542. The third kappa shape index (κ3) is 2.87. The molecule has 0 aliphatic carbocycles. The largest absolute Gasteiger partial charge is 0.278 e. The van der Waals surface area contributed by atoms with Gasteiger partial charge in [0.1, 0.15) is 0 Å². The second kappa shape index (κ2) is 5.61. The van der Waals surface area contributed by atoms with Gasteiger partial charge in [-0.05, 0) is 19.4 Å². The zero-order valence-corrected chi connectivity index (χ0v) is 13.4. The van der Waals surface area contributed by atoms with Crippen molar-refractivity contribution in [3.8, 4) is 0 Å². The minimum Gasteiger partial charge on any atom is -0.278 e. The third-order valence-corrected chi connectivity index (χ3v) is 5.20. The van der Waals surface area contributed by atoms with Crippen molar-refractivity contribution in [3.63, 3.8) is 0 Å². The Labute approximate surface area is 131 Å². The summed E-state index contributed by atoms with van der Waals surface area (Å²) in [5.41, 5.74) is 2.47. The van der Waals surface area contributed by atoms with Crippen LogP contribution in [0.1, 0.15) is 22.9 Å². The molecule has 108 valence electrons. The van der Waals surface area contributed by atoms with E-state index in [0.717, 1.165) is 11.3 Å². The number of carbonyl (C=O) groups excluding carboxylic acids is 1. The van der Waals surface area contributed by atoms with Crippen LogP contribution in [0.25, 0.3) is 0 Å². The van der Waals surface area contributed by atoms with E-state index in [-0.39, 0.29) is 16.3 Å². The van der Waals surface area contributed by atoms with E-state index in [4.69, 9.17) is 5.41 Å². The quantitative estimate of drug-likeness (QED) is 0.943. The lowest BCUT2D eigenvalue weighted by Crippen LogP contribution is -2.30. The lowest BCUT2D eigenvalue weighted by Gasteiger charge is -2.10. The molecule has 0 bridgehead atoms. The Kier molecular flexibility index (Phi) is 3.82. The number of amidine groups is 1. The molecule has 3 rings (SSSR count). The van der Waals surface area contributed by atoms with E-state index in [1.807, 2.05) is 13.0 Å². The minimum atomic E-state index is -0.193. The number of benzene rings is 1. The monoisotopic (exact) mass is 317 g/mol. The van der Waals surface area contributed by atoms with Crippen molar-refractivity contribution >= 4 is 39.3 Å². The Morgan fingerprint density at radius 1 is 1.43 bits per heavy atom. The molecule has 2 heterocycles. The van der Waals surface area contributed by atoms with Crippen LogP contribution in [-0.2, 0) is 11.2 Å². The number of thioether (sulfide) groups is 1. The molecule has 1 aliphatic rings. The Morgan fingerprint density at radius 3 is 2.90 bits per heavy atom. The average molecular weight is 317 g/mol. The number of anilines is 1. The normalized spacial score (nSPS) is 18.6. The summed E-state index contributed by atoms with van der Waals surface area (Å²) in [6.45, 7) is 3.90. The van der Waals surface area contributed by atoms with Crippen molar-refractivity contribution in [2.75, 3.05) is 4.90 Å². The first-order chi connectivity index (χ1) is 10.0. The standard InChI is InChI=1S/C15H15N3OS2/c1-9-4-3-5-11(6-9)7-12-8-17-15(21-12)18-13(19)10(2)20-14(18)16/h3-6,8,10,16H,7H2,1-2H3/t10-/m0/s1. The molecule has 0 spiro atoms. The van der Waals surface area contributed by atoms with E-state index in [2.05, 4.69) is 30.1 Å². The van der Waals surface area contributed by atoms with Gasteiger partial charge in [-0.25, -0.2) is 9.88 Å². The molecule has 2 aromatic rings. The molecular weight excluding hydrogens is 302 g/mol. The SMILES string of the molecule is Cc1cccc(Cc2cnc(N3C(=N)S[C@@H](C)C3=O)s2)c1. The topological polar surface area (TPSA) is 57.1 Å². The second-order valence-electron chi connectivity index (χ2n) is 5.01. The molecule has 1 N–H and O–H groups in total. The zero-order chi connectivity index (χ0) is 15.0. The molecular formula is C15H15N3OS2. The van der Waals surface area contributed by atoms with Crippen LogP contribution < -0.4 is 4.90 Å². The highest BCUT2D eigenvalue weighted by molar-refractivity contribution is 8.16. The number of thiazole rings is 1. The Hall–Kier alpha value is -1.66. The molecule has 1 saturated heterocycles. The lowest BCUT2D eigenvalue weighted by molar-refractivity contribution is -0.116. The lowest BCUT2D eigenvalue weighted by atomic mass is 10.1. The maximum Gasteiger partial charge on any atom is 0.248 e. The van der Waals surface area contributed by atoms with Gasteiger partial charge in [0.25, 0.3) is 0 Å². The molecule has 21 heavy (non-hydrogen) atoms. The van der Waals surface area contributed by atoms with Crippen molar-refractivity contribution in [2.45, 2.75) is 25.5 Å². The van der Waals surface area contributed by atoms with Crippen molar-refractivity contribution in [1.29, 1.82) is 5.41 Å². The van der Waals surface area contributed by atoms with Gasteiger partial charge in [0, 0.05) is 17.5 Å². The van der Waals surface area contributed by atoms with Gasteiger partial charge in [0.2, 0.25) is 5.91 Å². The molecule has 6 heteroatoms.